The van der Waals surface area contributed by atoms with Crippen molar-refractivity contribution < 1.29 is 24.6 Å². The fourth-order valence-electron chi connectivity index (χ4n) is 0.519. The minimum Gasteiger partial charge on any atom is -0.481 e. The molecule has 0 aromatic heterocycles. The Morgan fingerprint density at radius 1 is 1.42 bits per heavy atom. The van der Waals surface area contributed by atoms with Gasteiger partial charge in [0, 0.05) is 0 Å². The zero-order chi connectivity index (χ0) is 9.72. The normalized spacial score (nSPS) is 13.7. The molecule has 0 saturated heterocycles. The Kier molecular flexibility index (Phi) is 3.75. The Morgan fingerprint density at radius 3 is 2.17 bits per heavy atom. The van der Waals surface area contributed by atoms with Crippen LogP contribution in [-0.2, 0) is 14.4 Å². The van der Waals surface area contributed by atoms with Crippen LogP contribution in [0.3, 0.4) is 0 Å². The van der Waals surface area contributed by atoms with Crippen molar-refractivity contribution in [2.24, 2.45) is 11.1 Å². The third-order valence-electron chi connectivity index (χ3n) is 1.19. The van der Waals surface area contributed by atoms with Crippen LogP contribution in [0.5, 0.6) is 0 Å². The highest BCUT2D eigenvalue weighted by Gasteiger charge is 2.25. The minimum absolute atomic E-state index is 0.523. The quantitative estimate of drug-likeness (QED) is 0.455. The summed E-state index contributed by atoms with van der Waals surface area (Å²) in [5.41, 5.74) is -0.523. The van der Waals surface area contributed by atoms with Gasteiger partial charge in [0.15, 0.2) is 5.71 Å². The van der Waals surface area contributed by atoms with Crippen molar-refractivity contribution in [1.82, 2.24) is 0 Å². The van der Waals surface area contributed by atoms with Crippen LogP contribution in [0.1, 0.15) is 6.92 Å². The molecule has 0 saturated carbocycles. The number of carboxylic acid groups (broad SMARTS) is 2. The van der Waals surface area contributed by atoms with Crippen LogP contribution in [0.4, 0.5) is 0 Å². The van der Waals surface area contributed by atoms with Gasteiger partial charge in [0.1, 0.15) is 13.0 Å². The molecule has 0 aliphatic rings. The predicted molar refractivity (Wildman–Crippen MR) is 38.9 cm³/mol. The SMILES string of the molecule is CO/N=C(\C(=O)O)C(C)C(=O)O. The van der Waals surface area contributed by atoms with Crippen LogP contribution in [0.2, 0.25) is 0 Å². The van der Waals surface area contributed by atoms with Crippen molar-refractivity contribution in [2.75, 3.05) is 7.11 Å². The van der Waals surface area contributed by atoms with E-state index >= 15 is 0 Å². The fourth-order valence-corrected chi connectivity index (χ4v) is 0.519. The van der Waals surface area contributed by atoms with Crippen molar-refractivity contribution in [2.45, 2.75) is 6.92 Å². The number of carbonyl (C=O) groups is 2. The zero-order valence-electron chi connectivity index (χ0n) is 6.64. The van der Waals surface area contributed by atoms with Crippen molar-refractivity contribution in [3.63, 3.8) is 0 Å². The van der Waals surface area contributed by atoms with Crippen molar-refractivity contribution >= 4 is 17.7 Å². The molecular weight excluding hydrogens is 166 g/mol. The number of hydrogen-bond acceptors (Lipinski definition) is 4. The molecule has 0 rings (SSSR count). The summed E-state index contributed by atoms with van der Waals surface area (Å²) in [6.45, 7) is 1.22. The van der Waals surface area contributed by atoms with Gasteiger partial charge in [-0.25, -0.2) is 4.79 Å². The molecular formula is C6H9NO5. The third-order valence-corrected chi connectivity index (χ3v) is 1.19. The summed E-state index contributed by atoms with van der Waals surface area (Å²) < 4.78 is 0. The monoisotopic (exact) mass is 175 g/mol. The fraction of sp³-hybridized carbons (Fsp3) is 0.500. The smallest absolute Gasteiger partial charge is 0.354 e. The molecule has 0 aliphatic heterocycles. The number of hydrogen-bond donors (Lipinski definition) is 2. The van der Waals surface area contributed by atoms with Crippen LogP contribution in [0, 0.1) is 5.92 Å². The van der Waals surface area contributed by atoms with E-state index in [1.54, 1.807) is 0 Å². The predicted octanol–water partition coefficient (Wildman–Crippen LogP) is -0.206. The Balaban J connectivity index is 4.63. The average molecular weight is 175 g/mol. The highest BCUT2D eigenvalue weighted by atomic mass is 16.6. The summed E-state index contributed by atoms with van der Waals surface area (Å²) in [6.07, 6.45) is 0. The summed E-state index contributed by atoms with van der Waals surface area (Å²) in [5.74, 6) is -3.83. The van der Waals surface area contributed by atoms with Crippen LogP contribution < -0.4 is 0 Å². The molecule has 0 aromatic carbocycles. The minimum atomic E-state index is -1.40. The molecule has 0 aliphatic carbocycles. The Morgan fingerprint density at radius 2 is 1.92 bits per heavy atom. The number of oxime groups is 1. The van der Waals surface area contributed by atoms with E-state index in [-0.39, 0.29) is 0 Å². The van der Waals surface area contributed by atoms with Crippen LogP contribution in [0.15, 0.2) is 5.16 Å². The summed E-state index contributed by atoms with van der Waals surface area (Å²) in [4.78, 5) is 24.9. The van der Waals surface area contributed by atoms with E-state index in [2.05, 4.69) is 9.99 Å². The largest absolute Gasteiger partial charge is 0.481 e. The molecule has 0 fully saturated rings. The first kappa shape index (κ1) is 10.4. The maximum absolute atomic E-state index is 10.4. The Labute approximate surface area is 68.4 Å². The van der Waals surface area contributed by atoms with E-state index in [1.165, 1.54) is 6.92 Å². The van der Waals surface area contributed by atoms with Gasteiger partial charge in [-0.05, 0) is 6.92 Å². The van der Waals surface area contributed by atoms with Gasteiger partial charge in [-0.15, -0.1) is 0 Å². The maximum atomic E-state index is 10.4. The first-order chi connectivity index (χ1) is 5.50. The van der Waals surface area contributed by atoms with Crippen LogP contribution >= 0.6 is 0 Å². The molecule has 0 heterocycles. The van der Waals surface area contributed by atoms with Gasteiger partial charge in [0.25, 0.3) is 0 Å². The highest BCUT2D eigenvalue weighted by Crippen LogP contribution is 2.00. The standard InChI is InChI=1S/C6H9NO5/c1-3(5(8)9)4(6(10)11)7-12-2/h3H,1-2H3,(H,8,9)(H,10,11)/b7-4-. The zero-order valence-corrected chi connectivity index (χ0v) is 6.64. The van der Waals surface area contributed by atoms with Crippen LogP contribution in [0.25, 0.3) is 0 Å². The molecule has 12 heavy (non-hydrogen) atoms. The molecule has 1 atom stereocenters. The van der Waals surface area contributed by atoms with E-state index in [9.17, 15) is 9.59 Å². The average Bonchev–Trinajstić information content (AvgIpc) is 1.98. The van der Waals surface area contributed by atoms with Gasteiger partial charge in [-0.1, -0.05) is 5.16 Å². The maximum Gasteiger partial charge on any atom is 0.354 e. The number of nitrogens with zero attached hydrogens (tertiary/aromatic N) is 1. The van der Waals surface area contributed by atoms with E-state index in [0.717, 1.165) is 7.11 Å². The van der Waals surface area contributed by atoms with Gasteiger partial charge >= 0.3 is 11.9 Å². The molecule has 0 bridgehead atoms. The van der Waals surface area contributed by atoms with Gasteiger partial charge in [0.2, 0.25) is 0 Å². The molecule has 0 radical (unpaired) electrons. The van der Waals surface area contributed by atoms with Crippen molar-refractivity contribution in [1.29, 1.82) is 0 Å². The van der Waals surface area contributed by atoms with E-state index in [0.29, 0.717) is 0 Å². The second-order valence-electron chi connectivity index (χ2n) is 2.02. The lowest BCUT2D eigenvalue weighted by atomic mass is 10.1. The summed E-state index contributed by atoms with van der Waals surface area (Å²) in [7, 11) is 1.15. The number of carboxylic acids is 2. The number of aliphatic carboxylic acids is 2. The van der Waals surface area contributed by atoms with Crippen molar-refractivity contribution in [3.8, 4) is 0 Å². The second kappa shape index (κ2) is 4.32. The molecule has 0 aromatic rings. The van der Waals surface area contributed by atoms with Crippen LogP contribution in [-0.4, -0.2) is 35.0 Å². The summed E-state index contributed by atoms with van der Waals surface area (Å²) in [6, 6.07) is 0. The van der Waals surface area contributed by atoms with Gasteiger partial charge < -0.3 is 15.1 Å². The lowest BCUT2D eigenvalue weighted by molar-refractivity contribution is -0.140. The Hall–Kier alpha value is -1.59. The van der Waals surface area contributed by atoms with Crippen molar-refractivity contribution in [3.05, 3.63) is 0 Å². The molecule has 6 heteroatoms. The third kappa shape index (κ3) is 2.57. The molecule has 1 unspecified atom stereocenters. The topological polar surface area (TPSA) is 96.2 Å². The van der Waals surface area contributed by atoms with Gasteiger partial charge in [-0.3, -0.25) is 4.79 Å². The molecule has 68 valence electrons. The van der Waals surface area contributed by atoms with E-state index in [1.807, 2.05) is 0 Å². The highest BCUT2D eigenvalue weighted by molar-refractivity contribution is 6.39. The second-order valence-corrected chi connectivity index (χ2v) is 2.02. The molecule has 6 nitrogen and oxygen atoms in total. The summed E-state index contributed by atoms with van der Waals surface area (Å²) in [5, 5.41) is 20.0. The number of rotatable bonds is 4. The first-order valence-corrected chi connectivity index (χ1v) is 3.07. The molecule has 0 amide bonds. The molecule has 2 N–H and O–H groups in total. The lowest BCUT2D eigenvalue weighted by Crippen LogP contribution is -2.27. The first-order valence-electron chi connectivity index (χ1n) is 3.07. The summed E-state index contributed by atoms with van der Waals surface area (Å²) >= 11 is 0. The Bertz CT molecular complexity index is 222. The van der Waals surface area contributed by atoms with Gasteiger partial charge in [0.05, 0.1) is 0 Å². The van der Waals surface area contributed by atoms with Gasteiger partial charge in [-0.2, -0.15) is 0 Å². The molecule has 0 spiro atoms. The van der Waals surface area contributed by atoms with E-state index in [4.69, 9.17) is 10.2 Å². The van der Waals surface area contributed by atoms with E-state index < -0.39 is 23.6 Å². The lowest BCUT2D eigenvalue weighted by Gasteiger charge is -2.03.